The molecule has 0 aromatic heterocycles. The molecule has 2 N–H and O–H groups in total. The number of carbonyl (C=O) groups excluding carboxylic acids is 2. The van der Waals surface area contributed by atoms with E-state index in [1.165, 1.54) is 0 Å². The minimum atomic E-state index is -0.0480. The SMILES string of the molecule is O=C(NCc1ccccc1)N1CCCC(N2CCNC2=O)C1. The lowest BCUT2D eigenvalue weighted by Gasteiger charge is -2.37. The van der Waals surface area contributed by atoms with Crippen LogP contribution in [0.2, 0.25) is 0 Å². The number of hydrogen-bond donors (Lipinski definition) is 2. The number of urea groups is 2. The standard InChI is InChI=1S/C16H22N4O2/c21-15(18-11-13-5-2-1-3-6-13)19-9-4-7-14(12-19)20-10-8-17-16(20)22/h1-3,5-6,14H,4,7-12H2,(H,17,22)(H,18,21). The molecule has 0 aliphatic carbocycles. The number of piperidine rings is 1. The van der Waals surface area contributed by atoms with Crippen molar-refractivity contribution in [2.45, 2.75) is 25.4 Å². The zero-order chi connectivity index (χ0) is 15.4. The maximum absolute atomic E-state index is 12.3. The van der Waals surface area contributed by atoms with Crippen LogP contribution in [0, 0.1) is 0 Å². The van der Waals surface area contributed by atoms with Gasteiger partial charge in [-0.2, -0.15) is 0 Å². The molecule has 2 aliphatic rings. The van der Waals surface area contributed by atoms with Crippen LogP contribution in [0.25, 0.3) is 0 Å². The fraction of sp³-hybridized carbons (Fsp3) is 0.500. The molecule has 6 heteroatoms. The molecule has 0 spiro atoms. The van der Waals surface area contributed by atoms with E-state index in [4.69, 9.17) is 0 Å². The second-order valence-electron chi connectivity index (χ2n) is 5.81. The first-order valence-corrected chi connectivity index (χ1v) is 7.85. The van der Waals surface area contributed by atoms with Gasteiger partial charge >= 0.3 is 12.1 Å². The molecule has 0 bridgehead atoms. The average molecular weight is 302 g/mol. The first-order chi connectivity index (χ1) is 10.7. The molecule has 2 heterocycles. The van der Waals surface area contributed by atoms with Gasteiger partial charge in [-0.15, -0.1) is 0 Å². The van der Waals surface area contributed by atoms with Crippen molar-refractivity contribution in [2.24, 2.45) is 0 Å². The second kappa shape index (κ2) is 6.68. The van der Waals surface area contributed by atoms with Crippen molar-refractivity contribution in [3.63, 3.8) is 0 Å². The van der Waals surface area contributed by atoms with Gasteiger partial charge in [0.1, 0.15) is 0 Å². The van der Waals surface area contributed by atoms with Crippen LogP contribution in [-0.4, -0.2) is 54.1 Å². The van der Waals surface area contributed by atoms with Crippen LogP contribution in [0.3, 0.4) is 0 Å². The zero-order valence-corrected chi connectivity index (χ0v) is 12.6. The summed E-state index contributed by atoms with van der Waals surface area (Å²) in [6.07, 6.45) is 1.91. The van der Waals surface area contributed by atoms with Gasteiger partial charge in [-0.25, -0.2) is 9.59 Å². The Kier molecular flexibility index (Phi) is 4.46. The van der Waals surface area contributed by atoms with Gasteiger partial charge in [0.25, 0.3) is 0 Å². The highest BCUT2D eigenvalue weighted by atomic mass is 16.2. The van der Waals surface area contributed by atoms with Crippen LogP contribution in [-0.2, 0) is 6.54 Å². The first kappa shape index (κ1) is 14.7. The summed E-state index contributed by atoms with van der Waals surface area (Å²) in [5, 5.41) is 5.78. The number of nitrogens with zero attached hydrogens (tertiary/aromatic N) is 2. The maximum atomic E-state index is 12.3. The summed E-state index contributed by atoms with van der Waals surface area (Å²) < 4.78 is 0. The molecule has 1 atom stereocenters. The lowest BCUT2D eigenvalue weighted by molar-refractivity contribution is 0.132. The van der Waals surface area contributed by atoms with E-state index >= 15 is 0 Å². The normalized spacial score (nSPS) is 21.6. The third-order valence-corrected chi connectivity index (χ3v) is 4.30. The Hall–Kier alpha value is -2.24. The Morgan fingerprint density at radius 3 is 2.82 bits per heavy atom. The van der Waals surface area contributed by atoms with Crippen LogP contribution < -0.4 is 10.6 Å². The van der Waals surface area contributed by atoms with E-state index in [2.05, 4.69) is 10.6 Å². The molecule has 1 aromatic rings. The summed E-state index contributed by atoms with van der Waals surface area (Å²) >= 11 is 0. The summed E-state index contributed by atoms with van der Waals surface area (Å²) in [4.78, 5) is 27.7. The number of benzene rings is 1. The molecule has 6 nitrogen and oxygen atoms in total. The minimum absolute atomic E-state index is 0.00320. The Morgan fingerprint density at radius 1 is 1.27 bits per heavy atom. The Balaban J connectivity index is 1.53. The maximum Gasteiger partial charge on any atom is 0.317 e. The molecule has 2 saturated heterocycles. The average Bonchev–Trinajstić information content (AvgIpc) is 3.00. The van der Waals surface area contributed by atoms with Crippen molar-refractivity contribution in [2.75, 3.05) is 26.2 Å². The van der Waals surface area contributed by atoms with Crippen molar-refractivity contribution >= 4 is 12.1 Å². The predicted octanol–water partition coefficient (Wildman–Crippen LogP) is 1.39. The van der Waals surface area contributed by atoms with Crippen LogP contribution >= 0.6 is 0 Å². The molecule has 118 valence electrons. The van der Waals surface area contributed by atoms with E-state index in [9.17, 15) is 9.59 Å². The summed E-state index contributed by atoms with van der Waals surface area (Å²) in [5.74, 6) is 0. The largest absolute Gasteiger partial charge is 0.336 e. The van der Waals surface area contributed by atoms with Gasteiger partial charge in [0, 0.05) is 32.7 Å². The van der Waals surface area contributed by atoms with Crippen LogP contribution in [0.5, 0.6) is 0 Å². The van der Waals surface area contributed by atoms with Crippen LogP contribution in [0.4, 0.5) is 9.59 Å². The van der Waals surface area contributed by atoms with Crippen molar-refractivity contribution in [3.05, 3.63) is 35.9 Å². The highest BCUT2D eigenvalue weighted by Crippen LogP contribution is 2.17. The first-order valence-electron chi connectivity index (χ1n) is 7.85. The highest BCUT2D eigenvalue weighted by molar-refractivity contribution is 5.77. The van der Waals surface area contributed by atoms with Crippen molar-refractivity contribution < 1.29 is 9.59 Å². The smallest absolute Gasteiger partial charge is 0.317 e. The summed E-state index contributed by atoms with van der Waals surface area (Å²) in [5.41, 5.74) is 1.09. The third kappa shape index (κ3) is 3.32. The number of carbonyl (C=O) groups is 2. The van der Waals surface area contributed by atoms with Crippen molar-refractivity contribution in [1.82, 2.24) is 20.4 Å². The van der Waals surface area contributed by atoms with Gasteiger partial charge in [0.05, 0.1) is 6.04 Å². The molecule has 2 aliphatic heterocycles. The van der Waals surface area contributed by atoms with E-state index in [-0.39, 0.29) is 18.1 Å². The zero-order valence-electron chi connectivity index (χ0n) is 12.6. The van der Waals surface area contributed by atoms with E-state index in [0.29, 0.717) is 19.6 Å². The van der Waals surface area contributed by atoms with Gasteiger partial charge < -0.3 is 20.4 Å². The van der Waals surface area contributed by atoms with Gasteiger partial charge in [0.15, 0.2) is 0 Å². The van der Waals surface area contributed by atoms with Gasteiger partial charge in [0.2, 0.25) is 0 Å². The van der Waals surface area contributed by atoms with Gasteiger partial charge in [-0.1, -0.05) is 30.3 Å². The van der Waals surface area contributed by atoms with Gasteiger partial charge in [-0.05, 0) is 18.4 Å². The molecule has 1 unspecified atom stereocenters. The van der Waals surface area contributed by atoms with Crippen molar-refractivity contribution in [3.8, 4) is 0 Å². The van der Waals surface area contributed by atoms with Crippen LogP contribution in [0.15, 0.2) is 30.3 Å². The van der Waals surface area contributed by atoms with E-state index < -0.39 is 0 Å². The lowest BCUT2D eigenvalue weighted by Crippen LogP contribution is -2.52. The van der Waals surface area contributed by atoms with Crippen molar-refractivity contribution in [1.29, 1.82) is 0 Å². The Labute approximate surface area is 130 Å². The summed E-state index contributed by atoms with van der Waals surface area (Å²) in [6.45, 7) is 3.35. The van der Waals surface area contributed by atoms with Gasteiger partial charge in [-0.3, -0.25) is 0 Å². The number of likely N-dealkylation sites (tertiary alicyclic amines) is 1. The predicted molar refractivity (Wildman–Crippen MR) is 83.4 cm³/mol. The van der Waals surface area contributed by atoms with E-state index in [0.717, 1.165) is 31.5 Å². The lowest BCUT2D eigenvalue weighted by atomic mass is 10.0. The number of hydrogen-bond acceptors (Lipinski definition) is 2. The molecule has 22 heavy (non-hydrogen) atoms. The fourth-order valence-corrected chi connectivity index (χ4v) is 3.11. The molecule has 0 radical (unpaired) electrons. The Bertz CT molecular complexity index is 534. The molecule has 2 fully saturated rings. The Morgan fingerprint density at radius 2 is 2.09 bits per heavy atom. The summed E-state index contributed by atoms with van der Waals surface area (Å²) in [6, 6.07) is 9.96. The molecule has 1 aromatic carbocycles. The monoisotopic (exact) mass is 302 g/mol. The van der Waals surface area contributed by atoms with Crippen LogP contribution in [0.1, 0.15) is 18.4 Å². The molecule has 3 rings (SSSR count). The minimum Gasteiger partial charge on any atom is -0.336 e. The molecule has 0 saturated carbocycles. The topological polar surface area (TPSA) is 64.7 Å². The molecular formula is C16H22N4O2. The summed E-state index contributed by atoms with van der Waals surface area (Å²) in [7, 11) is 0. The third-order valence-electron chi connectivity index (χ3n) is 4.30. The second-order valence-corrected chi connectivity index (χ2v) is 5.81. The van der Waals surface area contributed by atoms with E-state index in [1.807, 2.05) is 40.1 Å². The number of rotatable bonds is 3. The van der Waals surface area contributed by atoms with E-state index in [1.54, 1.807) is 0 Å². The highest BCUT2D eigenvalue weighted by Gasteiger charge is 2.32. The number of amides is 4. The number of nitrogens with one attached hydrogen (secondary N) is 2. The molecular weight excluding hydrogens is 280 g/mol. The fourth-order valence-electron chi connectivity index (χ4n) is 3.11. The molecule has 4 amide bonds. The quantitative estimate of drug-likeness (QED) is 0.886.